The number of rotatable bonds is 4. The standard InChI is InChI=1S/C19H13BrN4O/c20-15-6-2-4-8-17(15)24-19(25)13-9-10-22-18(11-13)23-16-7-3-1-5-14(16)12-21/h1-11H,(H,22,23)(H,24,25). The predicted octanol–water partition coefficient (Wildman–Crippen LogP) is 4.71. The van der Waals surface area contributed by atoms with Gasteiger partial charge in [0.25, 0.3) is 5.91 Å². The molecule has 0 aliphatic rings. The maximum Gasteiger partial charge on any atom is 0.255 e. The molecule has 3 aromatic rings. The maximum absolute atomic E-state index is 12.5. The summed E-state index contributed by atoms with van der Waals surface area (Å²) < 4.78 is 0.804. The van der Waals surface area contributed by atoms with E-state index in [2.05, 4.69) is 37.6 Å². The van der Waals surface area contributed by atoms with Gasteiger partial charge in [0.1, 0.15) is 11.9 Å². The van der Waals surface area contributed by atoms with E-state index in [1.807, 2.05) is 30.3 Å². The summed E-state index contributed by atoms with van der Waals surface area (Å²) in [5.74, 6) is 0.244. The summed E-state index contributed by atoms with van der Waals surface area (Å²) in [4.78, 5) is 16.7. The van der Waals surface area contributed by atoms with Crippen molar-refractivity contribution in [2.45, 2.75) is 0 Å². The van der Waals surface area contributed by atoms with Crippen molar-refractivity contribution >= 4 is 39.0 Å². The van der Waals surface area contributed by atoms with Crippen LogP contribution in [0.5, 0.6) is 0 Å². The number of nitrogens with one attached hydrogen (secondary N) is 2. The van der Waals surface area contributed by atoms with Crippen LogP contribution in [0.25, 0.3) is 0 Å². The minimum absolute atomic E-state index is 0.245. The highest BCUT2D eigenvalue weighted by molar-refractivity contribution is 9.10. The Morgan fingerprint density at radius 2 is 1.76 bits per heavy atom. The van der Waals surface area contributed by atoms with E-state index >= 15 is 0 Å². The molecule has 25 heavy (non-hydrogen) atoms. The molecule has 0 atom stereocenters. The van der Waals surface area contributed by atoms with E-state index in [1.54, 1.807) is 36.5 Å². The Hall–Kier alpha value is -3.17. The SMILES string of the molecule is N#Cc1ccccc1Nc1cc(C(=O)Nc2ccccc2Br)ccn1. The Kier molecular flexibility index (Phi) is 5.07. The third-order valence-corrected chi connectivity index (χ3v) is 4.15. The highest BCUT2D eigenvalue weighted by Gasteiger charge is 2.10. The lowest BCUT2D eigenvalue weighted by molar-refractivity contribution is 0.102. The van der Waals surface area contributed by atoms with E-state index < -0.39 is 0 Å². The molecule has 1 aromatic heterocycles. The first-order chi connectivity index (χ1) is 12.2. The first-order valence-electron chi connectivity index (χ1n) is 7.45. The largest absolute Gasteiger partial charge is 0.339 e. The van der Waals surface area contributed by atoms with Crippen LogP contribution < -0.4 is 10.6 Å². The predicted molar refractivity (Wildman–Crippen MR) is 101 cm³/mol. The van der Waals surface area contributed by atoms with Crippen LogP contribution in [0.15, 0.2) is 71.3 Å². The number of carbonyl (C=O) groups is 1. The Labute approximate surface area is 153 Å². The van der Waals surface area contributed by atoms with Crippen LogP contribution in [-0.2, 0) is 0 Å². The minimum Gasteiger partial charge on any atom is -0.339 e. The smallest absolute Gasteiger partial charge is 0.255 e. The van der Waals surface area contributed by atoms with Crippen molar-refractivity contribution < 1.29 is 4.79 Å². The second kappa shape index (κ2) is 7.60. The molecule has 2 N–H and O–H groups in total. The van der Waals surface area contributed by atoms with Gasteiger partial charge in [-0.1, -0.05) is 24.3 Å². The van der Waals surface area contributed by atoms with Crippen LogP contribution in [0.2, 0.25) is 0 Å². The van der Waals surface area contributed by atoms with E-state index in [1.165, 1.54) is 0 Å². The van der Waals surface area contributed by atoms with E-state index in [4.69, 9.17) is 5.26 Å². The first-order valence-corrected chi connectivity index (χ1v) is 8.25. The van der Waals surface area contributed by atoms with Gasteiger partial charge in [0.2, 0.25) is 0 Å². The van der Waals surface area contributed by atoms with E-state index in [9.17, 15) is 4.79 Å². The average molecular weight is 393 g/mol. The molecule has 1 amide bonds. The van der Waals surface area contributed by atoms with Gasteiger partial charge in [0.15, 0.2) is 0 Å². The molecule has 0 spiro atoms. The number of pyridine rings is 1. The fourth-order valence-electron chi connectivity index (χ4n) is 2.22. The second-order valence-electron chi connectivity index (χ2n) is 5.15. The quantitative estimate of drug-likeness (QED) is 0.673. The molecule has 2 aromatic carbocycles. The van der Waals surface area contributed by atoms with Crippen molar-refractivity contribution in [2.24, 2.45) is 0 Å². The van der Waals surface area contributed by atoms with Crippen LogP contribution in [0.1, 0.15) is 15.9 Å². The molecule has 122 valence electrons. The number of benzene rings is 2. The molecule has 0 unspecified atom stereocenters. The third kappa shape index (κ3) is 4.03. The molecule has 0 bridgehead atoms. The number of anilines is 3. The van der Waals surface area contributed by atoms with E-state index in [0.717, 1.165) is 4.47 Å². The molecule has 0 saturated heterocycles. The van der Waals surface area contributed by atoms with Gasteiger partial charge in [0, 0.05) is 16.2 Å². The van der Waals surface area contributed by atoms with Crippen molar-refractivity contribution in [3.8, 4) is 6.07 Å². The number of nitriles is 1. The topological polar surface area (TPSA) is 77.8 Å². The number of amides is 1. The summed E-state index contributed by atoms with van der Waals surface area (Å²) in [6.45, 7) is 0. The second-order valence-corrected chi connectivity index (χ2v) is 6.00. The number of halogens is 1. The van der Waals surface area contributed by atoms with Gasteiger partial charge in [-0.25, -0.2) is 4.98 Å². The Morgan fingerprint density at radius 1 is 1.04 bits per heavy atom. The lowest BCUT2D eigenvalue weighted by atomic mass is 10.2. The van der Waals surface area contributed by atoms with Crippen molar-refractivity contribution in [3.05, 3.63) is 82.5 Å². The summed E-state index contributed by atoms with van der Waals surface area (Å²) >= 11 is 3.40. The number of hydrogen-bond donors (Lipinski definition) is 2. The minimum atomic E-state index is -0.245. The Bertz CT molecular complexity index is 965. The fraction of sp³-hybridized carbons (Fsp3) is 0. The Morgan fingerprint density at radius 3 is 2.52 bits per heavy atom. The monoisotopic (exact) mass is 392 g/mol. The van der Waals surface area contributed by atoms with Crippen molar-refractivity contribution in [1.29, 1.82) is 5.26 Å². The zero-order chi connectivity index (χ0) is 17.6. The van der Waals surface area contributed by atoms with E-state index in [-0.39, 0.29) is 5.91 Å². The fourth-order valence-corrected chi connectivity index (χ4v) is 2.61. The molecular weight excluding hydrogens is 380 g/mol. The van der Waals surface area contributed by atoms with Crippen molar-refractivity contribution in [2.75, 3.05) is 10.6 Å². The molecule has 0 aliphatic heterocycles. The number of aromatic nitrogens is 1. The van der Waals surface area contributed by atoms with Crippen LogP contribution in [0.3, 0.4) is 0 Å². The van der Waals surface area contributed by atoms with Crippen LogP contribution >= 0.6 is 15.9 Å². The lowest BCUT2D eigenvalue weighted by Crippen LogP contribution is -2.12. The first kappa shape index (κ1) is 16.7. The molecule has 5 nitrogen and oxygen atoms in total. The molecule has 0 saturated carbocycles. The van der Waals surface area contributed by atoms with Gasteiger partial charge in [-0.3, -0.25) is 4.79 Å². The molecule has 0 radical (unpaired) electrons. The number of hydrogen-bond acceptors (Lipinski definition) is 4. The summed E-state index contributed by atoms with van der Waals surface area (Å²) in [6, 6.07) is 19.9. The van der Waals surface area contributed by atoms with Gasteiger partial charge in [-0.15, -0.1) is 0 Å². The number of carbonyl (C=O) groups excluding carboxylic acids is 1. The highest BCUT2D eigenvalue weighted by Crippen LogP contribution is 2.23. The molecular formula is C19H13BrN4O. The molecule has 0 fully saturated rings. The number of nitrogens with zero attached hydrogens (tertiary/aromatic N) is 2. The van der Waals surface area contributed by atoms with Crippen molar-refractivity contribution in [3.63, 3.8) is 0 Å². The van der Waals surface area contributed by atoms with Crippen LogP contribution in [0.4, 0.5) is 17.2 Å². The average Bonchev–Trinajstić information content (AvgIpc) is 2.64. The molecule has 1 heterocycles. The summed E-state index contributed by atoms with van der Waals surface area (Å²) in [6.07, 6.45) is 1.55. The highest BCUT2D eigenvalue weighted by atomic mass is 79.9. The normalized spacial score (nSPS) is 9.92. The third-order valence-electron chi connectivity index (χ3n) is 3.45. The molecule has 0 aliphatic carbocycles. The van der Waals surface area contributed by atoms with Gasteiger partial charge in [-0.2, -0.15) is 5.26 Å². The van der Waals surface area contributed by atoms with E-state index in [0.29, 0.717) is 28.3 Å². The van der Waals surface area contributed by atoms with Gasteiger partial charge in [-0.05, 0) is 52.3 Å². The number of para-hydroxylation sites is 2. The van der Waals surface area contributed by atoms with Crippen LogP contribution in [-0.4, -0.2) is 10.9 Å². The van der Waals surface area contributed by atoms with Gasteiger partial charge < -0.3 is 10.6 Å². The Balaban J connectivity index is 1.81. The zero-order valence-electron chi connectivity index (χ0n) is 13.0. The molecule has 6 heteroatoms. The van der Waals surface area contributed by atoms with Gasteiger partial charge >= 0.3 is 0 Å². The lowest BCUT2D eigenvalue weighted by Gasteiger charge is -2.10. The maximum atomic E-state index is 12.5. The zero-order valence-corrected chi connectivity index (χ0v) is 14.6. The summed E-state index contributed by atoms with van der Waals surface area (Å²) in [5, 5.41) is 15.1. The van der Waals surface area contributed by atoms with Crippen molar-refractivity contribution in [1.82, 2.24) is 4.98 Å². The molecule has 3 rings (SSSR count). The van der Waals surface area contributed by atoms with Crippen LogP contribution in [0, 0.1) is 11.3 Å². The summed E-state index contributed by atoms with van der Waals surface area (Å²) in [7, 11) is 0. The summed E-state index contributed by atoms with van der Waals surface area (Å²) in [5.41, 5.74) is 2.30. The van der Waals surface area contributed by atoms with Gasteiger partial charge in [0.05, 0.1) is 16.9 Å².